The minimum absolute atomic E-state index is 0.0515. The summed E-state index contributed by atoms with van der Waals surface area (Å²) in [6.07, 6.45) is 6.38. The summed E-state index contributed by atoms with van der Waals surface area (Å²) in [5.41, 5.74) is 0. The van der Waals surface area contributed by atoms with Crippen LogP contribution in [0, 0.1) is 11.8 Å². The van der Waals surface area contributed by atoms with Gasteiger partial charge in [0.1, 0.15) is 0 Å². The molecule has 1 saturated heterocycles. The number of carbonyl (C=O) groups excluding carboxylic acids is 2. The highest BCUT2D eigenvalue weighted by Crippen LogP contribution is 2.29. The first-order chi connectivity index (χ1) is 11.0. The maximum absolute atomic E-state index is 12.5. The molecule has 5 heteroatoms. The number of hydrogen-bond donors (Lipinski definition) is 1. The van der Waals surface area contributed by atoms with Gasteiger partial charge >= 0.3 is 0 Å². The van der Waals surface area contributed by atoms with Gasteiger partial charge in [-0.15, -0.1) is 0 Å². The fraction of sp³-hybridized carbons (Fsp3) is 0.889. The van der Waals surface area contributed by atoms with Crippen LogP contribution < -0.4 is 5.32 Å². The zero-order valence-corrected chi connectivity index (χ0v) is 15.7. The third-order valence-electron chi connectivity index (χ3n) is 5.05. The molecule has 1 saturated carbocycles. The predicted molar refractivity (Wildman–Crippen MR) is 96.5 cm³/mol. The summed E-state index contributed by atoms with van der Waals surface area (Å²) >= 11 is 2.03. The Balaban J connectivity index is 1.75. The molecule has 0 unspecified atom stereocenters. The quantitative estimate of drug-likeness (QED) is 0.837. The van der Waals surface area contributed by atoms with E-state index >= 15 is 0 Å². The summed E-state index contributed by atoms with van der Waals surface area (Å²) in [6, 6.07) is 0.357. The second-order valence-corrected chi connectivity index (χ2v) is 8.78. The van der Waals surface area contributed by atoms with Crippen molar-refractivity contribution in [3.05, 3.63) is 0 Å². The van der Waals surface area contributed by atoms with Crippen molar-refractivity contribution < 1.29 is 9.59 Å². The molecule has 2 atom stereocenters. The third kappa shape index (κ3) is 5.40. The van der Waals surface area contributed by atoms with Crippen LogP contribution in [0.4, 0.5) is 0 Å². The molecule has 0 aromatic heterocycles. The van der Waals surface area contributed by atoms with Crippen LogP contribution in [0.25, 0.3) is 0 Å². The van der Waals surface area contributed by atoms with Crippen LogP contribution in [0.3, 0.4) is 0 Å². The molecule has 0 aromatic carbocycles. The van der Waals surface area contributed by atoms with Gasteiger partial charge in [-0.25, -0.2) is 0 Å². The van der Waals surface area contributed by atoms with Gasteiger partial charge in [0.05, 0.1) is 0 Å². The summed E-state index contributed by atoms with van der Waals surface area (Å²) < 4.78 is 0. The molecule has 0 spiro atoms. The minimum atomic E-state index is 0.0515. The molecule has 4 nitrogen and oxygen atoms in total. The molecule has 0 radical (unpaired) electrons. The maximum atomic E-state index is 12.5. The molecule has 23 heavy (non-hydrogen) atoms. The van der Waals surface area contributed by atoms with Crippen LogP contribution in [-0.2, 0) is 9.59 Å². The number of likely N-dealkylation sites (tertiary alicyclic amines) is 1. The van der Waals surface area contributed by atoms with Crippen LogP contribution in [0.2, 0.25) is 0 Å². The van der Waals surface area contributed by atoms with Gasteiger partial charge in [0.25, 0.3) is 0 Å². The van der Waals surface area contributed by atoms with E-state index in [9.17, 15) is 9.59 Å². The van der Waals surface area contributed by atoms with Gasteiger partial charge in [-0.3, -0.25) is 9.59 Å². The smallest absolute Gasteiger partial charge is 0.225 e. The highest BCUT2D eigenvalue weighted by Gasteiger charge is 2.30. The Morgan fingerprint density at radius 1 is 1.17 bits per heavy atom. The van der Waals surface area contributed by atoms with Crippen molar-refractivity contribution in [2.24, 2.45) is 11.8 Å². The van der Waals surface area contributed by atoms with Crippen LogP contribution >= 0.6 is 11.8 Å². The molecule has 1 heterocycles. The SMILES string of the molecule is CCS[C@H]1CCC[C@@H](NC(=O)C2CCN(C(=O)C(C)C)CC2)C1. The zero-order valence-electron chi connectivity index (χ0n) is 14.8. The highest BCUT2D eigenvalue weighted by atomic mass is 32.2. The Labute approximate surface area is 145 Å². The minimum Gasteiger partial charge on any atom is -0.353 e. The van der Waals surface area contributed by atoms with Crippen molar-refractivity contribution in [3.8, 4) is 0 Å². The first-order valence-electron chi connectivity index (χ1n) is 9.22. The number of carbonyl (C=O) groups is 2. The second kappa shape index (κ2) is 8.95. The molecule has 2 amide bonds. The third-order valence-corrected chi connectivity index (χ3v) is 6.28. The maximum Gasteiger partial charge on any atom is 0.225 e. The molecule has 0 aromatic rings. The van der Waals surface area contributed by atoms with Crippen molar-refractivity contribution in [2.75, 3.05) is 18.8 Å². The number of amides is 2. The monoisotopic (exact) mass is 340 g/mol. The van der Waals surface area contributed by atoms with E-state index in [0.717, 1.165) is 44.5 Å². The van der Waals surface area contributed by atoms with E-state index in [1.807, 2.05) is 30.5 Å². The van der Waals surface area contributed by atoms with E-state index < -0.39 is 0 Å². The lowest BCUT2D eigenvalue weighted by Gasteiger charge is -2.34. The van der Waals surface area contributed by atoms with Gasteiger partial charge in [0.2, 0.25) is 11.8 Å². The number of nitrogens with one attached hydrogen (secondary N) is 1. The highest BCUT2D eigenvalue weighted by molar-refractivity contribution is 7.99. The molecule has 132 valence electrons. The fourth-order valence-corrected chi connectivity index (χ4v) is 4.88. The molecular weight excluding hydrogens is 308 g/mol. The first kappa shape index (κ1) is 18.6. The van der Waals surface area contributed by atoms with Gasteiger partial charge < -0.3 is 10.2 Å². The average molecular weight is 341 g/mol. The Hall–Kier alpha value is -0.710. The fourth-order valence-electron chi connectivity index (χ4n) is 3.71. The van der Waals surface area contributed by atoms with E-state index in [4.69, 9.17) is 0 Å². The predicted octanol–water partition coefficient (Wildman–Crippen LogP) is 3.06. The topological polar surface area (TPSA) is 49.4 Å². The lowest BCUT2D eigenvalue weighted by Crippen LogP contribution is -2.47. The summed E-state index contributed by atoms with van der Waals surface area (Å²) in [5, 5.41) is 4.00. The van der Waals surface area contributed by atoms with E-state index in [2.05, 4.69) is 12.2 Å². The van der Waals surface area contributed by atoms with Crippen molar-refractivity contribution in [3.63, 3.8) is 0 Å². The van der Waals surface area contributed by atoms with Gasteiger partial charge in [-0.2, -0.15) is 11.8 Å². The summed E-state index contributed by atoms with van der Waals surface area (Å²) in [4.78, 5) is 26.5. The summed E-state index contributed by atoms with van der Waals surface area (Å²) in [7, 11) is 0. The number of piperidine rings is 1. The molecule has 2 rings (SSSR count). The molecule has 1 aliphatic heterocycles. The Bertz CT molecular complexity index is 404. The summed E-state index contributed by atoms with van der Waals surface area (Å²) in [6.45, 7) is 7.55. The average Bonchev–Trinajstić information content (AvgIpc) is 2.55. The number of rotatable bonds is 5. The molecule has 1 N–H and O–H groups in total. The van der Waals surface area contributed by atoms with Gasteiger partial charge in [0.15, 0.2) is 0 Å². The van der Waals surface area contributed by atoms with Crippen LogP contribution in [-0.4, -0.2) is 46.8 Å². The first-order valence-corrected chi connectivity index (χ1v) is 10.3. The Morgan fingerprint density at radius 2 is 1.87 bits per heavy atom. The number of thioether (sulfide) groups is 1. The van der Waals surface area contributed by atoms with Crippen LogP contribution in [0.15, 0.2) is 0 Å². The van der Waals surface area contributed by atoms with Gasteiger partial charge in [-0.05, 0) is 37.9 Å². The van der Waals surface area contributed by atoms with Crippen LogP contribution in [0.1, 0.15) is 59.3 Å². The largest absolute Gasteiger partial charge is 0.353 e. The van der Waals surface area contributed by atoms with Gasteiger partial charge in [0, 0.05) is 36.2 Å². The van der Waals surface area contributed by atoms with Crippen LogP contribution in [0.5, 0.6) is 0 Å². The molecular formula is C18H32N2O2S. The lowest BCUT2D eigenvalue weighted by atomic mass is 9.92. The molecule has 0 bridgehead atoms. The molecule has 2 aliphatic rings. The van der Waals surface area contributed by atoms with Gasteiger partial charge in [-0.1, -0.05) is 27.2 Å². The van der Waals surface area contributed by atoms with E-state index in [-0.39, 0.29) is 23.7 Å². The summed E-state index contributed by atoms with van der Waals surface area (Å²) in [5.74, 6) is 1.73. The molecule has 2 fully saturated rings. The Kier molecular flexibility index (Phi) is 7.25. The Morgan fingerprint density at radius 3 is 2.48 bits per heavy atom. The molecule has 1 aliphatic carbocycles. The normalized spacial score (nSPS) is 26.3. The van der Waals surface area contributed by atoms with Crippen molar-refractivity contribution in [1.82, 2.24) is 10.2 Å². The standard InChI is InChI=1S/C18H32N2O2S/c1-4-23-16-7-5-6-15(12-16)19-17(21)14-8-10-20(11-9-14)18(22)13(2)3/h13-16H,4-12H2,1-3H3,(H,19,21)/t15-,16+/m1/s1. The second-order valence-electron chi connectivity index (χ2n) is 7.20. The zero-order chi connectivity index (χ0) is 16.8. The van der Waals surface area contributed by atoms with Crippen molar-refractivity contribution in [1.29, 1.82) is 0 Å². The van der Waals surface area contributed by atoms with Crippen molar-refractivity contribution in [2.45, 2.75) is 70.6 Å². The number of hydrogen-bond acceptors (Lipinski definition) is 3. The number of nitrogens with zero attached hydrogens (tertiary/aromatic N) is 1. The van der Waals surface area contributed by atoms with E-state index in [0.29, 0.717) is 11.3 Å². The lowest BCUT2D eigenvalue weighted by molar-refractivity contribution is -0.138. The van der Waals surface area contributed by atoms with Crippen molar-refractivity contribution >= 4 is 23.6 Å². The van der Waals surface area contributed by atoms with E-state index in [1.165, 1.54) is 12.8 Å². The van der Waals surface area contributed by atoms with E-state index in [1.54, 1.807) is 0 Å².